The van der Waals surface area contributed by atoms with Gasteiger partial charge in [0.05, 0.1) is 19.0 Å². The van der Waals surface area contributed by atoms with Crippen molar-refractivity contribution in [1.82, 2.24) is 13.6 Å². The Labute approximate surface area is 189 Å². The molecule has 4 rings (SSSR count). The molecule has 2 fully saturated rings. The van der Waals surface area contributed by atoms with Crippen molar-refractivity contribution in [3.63, 3.8) is 0 Å². The summed E-state index contributed by atoms with van der Waals surface area (Å²) in [6.45, 7) is 1.60. The SMILES string of the molecule is NCc1ccnc(S(=O)(=O)C[C@@H]2C[C@H](c3ccccc3)CN2S(=O)(=O)N2CCOCC2)c1. The Morgan fingerprint density at radius 2 is 1.78 bits per heavy atom. The third kappa shape index (κ3) is 4.87. The number of pyridine rings is 1. The van der Waals surface area contributed by atoms with E-state index in [2.05, 4.69) is 4.98 Å². The van der Waals surface area contributed by atoms with Gasteiger partial charge in [0.2, 0.25) is 0 Å². The highest BCUT2D eigenvalue weighted by molar-refractivity contribution is 7.91. The third-order valence-corrected chi connectivity index (χ3v) is 9.74. The molecule has 0 bridgehead atoms. The van der Waals surface area contributed by atoms with Crippen molar-refractivity contribution >= 4 is 20.0 Å². The Morgan fingerprint density at radius 1 is 1.06 bits per heavy atom. The minimum Gasteiger partial charge on any atom is -0.379 e. The first-order valence-corrected chi connectivity index (χ1v) is 13.6. The number of hydrogen-bond donors (Lipinski definition) is 1. The van der Waals surface area contributed by atoms with Crippen molar-refractivity contribution in [2.45, 2.75) is 30.0 Å². The summed E-state index contributed by atoms with van der Waals surface area (Å²) >= 11 is 0. The Morgan fingerprint density at radius 3 is 2.47 bits per heavy atom. The van der Waals surface area contributed by atoms with Crippen LogP contribution < -0.4 is 5.73 Å². The van der Waals surface area contributed by atoms with Crippen LogP contribution in [0.1, 0.15) is 23.5 Å². The van der Waals surface area contributed by atoms with Crippen LogP contribution in [0.4, 0.5) is 0 Å². The molecule has 2 aliphatic rings. The number of ether oxygens (including phenoxy) is 1. The zero-order valence-corrected chi connectivity index (χ0v) is 19.3. The second-order valence-electron chi connectivity index (χ2n) is 8.07. The predicted molar refractivity (Wildman–Crippen MR) is 120 cm³/mol. The largest absolute Gasteiger partial charge is 0.379 e. The molecule has 0 spiro atoms. The standard InChI is InChI=1S/C21H28N4O5S2/c22-14-17-6-7-23-21(12-17)31(26,27)16-20-13-19(18-4-2-1-3-5-18)15-25(20)32(28,29)24-8-10-30-11-9-24/h1-7,12,19-20H,8-11,13-16,22H2/t19-,20-/m0/s1. The molecule has 0 aliphatic carbocycles. The molecule has 32 heavy (non-hydrogen) atoms. The fourth-order valence-electron chi connectivity index (χ4n) is 4.30. The molecule has 1 aromatic heterocycles. The van der Waals surface area contributed by atoms with Crippen LogP contribution in [0.15, 0.2) is 53.7 Å². The van der Waals surface area contributed by atoms with E-state index in [0.29, 0.717) is 25.2 Å². The van der Waals surface area contributed by atoms with E-state index in [0.717, 1.165) is 5.56 Å². The number of benzene rings is 1. The van der Waals surface area contributed by atoms with Gasteiger partial charge in [-0.1, -0.05) is 30.3 Å². The van der Waals surface area contributed by atoms with Crippen LogP contribution in [-0.2, 0) is 31.3 Å². The third-order valence-electron chi connectivity index (χ3n) is 5.99. The number of nitrogens with two attached hydrogens (primary N) is 1. The van der Waals surface area contributed by atoms with Gasteiger partial charge in [-0.15, -0.1) is 0 Å². The molecule has 3 heterocycles. The Balaban J connectivity index is 1.64. The molecular formula is C21H28N4O5S2. The fourth-order valence-corrected chi connectivity index (χ4v) is 7.75. The molecule has 2 atom stereocenters. The summed E-state index contributed by atoms with van der Waals surface area (Å²) in [4.78, 5) is 4.02. The number of nitrogens with zero attached hydrogens (tertiary/aromatic N) is 3. The van der Waals surface area contributed by atoms with Gasteiger partial charge in [-0.25, -0.2) is 13.4 Å². The van der Waals surface area contributed by atoms with E-state index in [1.165, 1.54) is 20.9 Å². The monoisotopic (exact) mass is 480 g/mol. The van der Waals surface area contributed by atoms with Gasteiger partial charge < -0.3 is 10.5 Å². The Hall–Kier alpha value is -1.89. The van der Waals surface area contributed by atoms with Gasteiger partial charge in [0.25, 0.3) is 10.2 Å². The molecular weight excluding hydrogens is 452 g/mol. The van der Waals surface area contributed by atoms with Crippen LogP contribution >= 0.6 is 0 Å². The number of rotatable bonds is 7. The van der Waals surface area contributed by atoms with E-state index in [4.69, 9.17) is 10.5 Å². The summed E-state index contributed by atoms with van der Waals surface area (Å²) in [6, 6.07) is 12.0. The number of sulfone groups is 1. The topological polar surface area (TPSA) is 123 Å². The maximum Gasteiger partial charge on any atom is 0.282 e. The molecule has 0 radical (unpaired) electrons. The van der Waals surface area contributed by atoms with Crippen molar-refractivity contribution in [3.05, 3.63) is 59.8 Å². The molecule has 2 aromatic rings. The molecule has 1 aromatic carbocycles. The average Bonchev–Trinajstić information content (AvgIpc) is 3.24. The zero-order valence-electron chi connectivity index (χ0n) is 17.7. The minimum absolute atomic E-state index is 0.0765. The van der Waals surface area contributed by atoms with Gasteiger partial charge in [0, 0.05) is 38.4 Å². The first kappa shape index (κ1) is 23.3. The minimum atomic E-state index is -3.84. The molecule has 11 heteroatoms. The summed E-state index contributed by atoms with van der Waals surface area (Å²) in [5.74, 6) is -0.420. The molecule has 0 unspecified atom stereocenters. The van der Waals surface area contributed by atoms with E-state index >= 15 is 0 Å². The molecule has 2 aliphatic heterocycles. The summed E-state index contributed by atoms with van der Waals surface area (Å²) in [6.07, 6.45) is 1.84. The highest BCUT2D eigenvalue weighted by atomic mass is 32.2. The van der Waals surface area contributed by atoms with E-state index < -0.39 is 26.1 Å². The smallest absolute Gasteiger partial charge is 0.282 e. The van der Waals surface area contributed by atoms with Crippen molar-refractivity contribution in [1.29, 1.82) is 0 Å². The van der Waals surface area contributed by atoms with E-state index in [1.807, 2.05) is 30.3 Å². The summed E-state index contributed by atoms with van der Waals surface area (Å²) in [7, 11) is -7.66. The van der Waals surface area contributed by atoms with Crippen molar-refractivity contribution in [2.24, 2.45) is 5.73 Å². The summed E-state index contributed by atoms with van der Waals surface area (Å²) in [5.41, 5.74) is 7.30. The molecule has 0 saturated carbocycles. The van der Waals surface area contributed by atoms with Crippen LogP contribution in [0.2, 0.25) is 0 Å². The van der Waals surface area contributed by atoms with E-state index in [9.17, 15) is 16.8 Å². The highest BCUT2D eigenvalue weighted by Crippen LogP contribution is 2.36. The summed E-state index contributed by atoms with van der Waals surface area (Å²) < 4.78 is 61.4. The average molecular weight is 481 g/mol. The summed E-state index contributed by atoms with van der Waals surface area (Å²) in [5, 5.41) is -0.0765. The van der Waals surface area contributed by atoms with Crippen LogP contribution in [0.25, 0.3) is 0 Å². The van der Waals surface area contributed by atoms with Crippen molar-refractivity contribution < 1.29 is 21.6 Å². The number of morpholine rings is 1. The van der Waals surface area contributed by atoms with Gasteiger partial charge in [-0.05, 0) is 35.6 Å². The first-order chi connectivity index (χ1) is 15.3. The first-order valence-electron chi connectivity index (χ1n) is 10.6. The van der Waals surface area contributed by atoms with Gasteiger partial charge in [-0.2, -0.15) is 17.0 Å². The zero-order chi connectivity index (χ0) is 22.8. The van der Waals surface area contributed by atoms with Crippen LogP contribution in [0.3, 0.4) is 0 Å². The van der Waals surface area contributed by atoms with Gasteiger partial charge in [0.1, 0.15) is 0 Å². The lowest BCUT2D eigenvalue weighted by atomic mass is 9.97. The Bertz CT molecular complexity index is 1140. The number of aromatic nitrogens is 1. The van der Waals surface area contributed by atoms with E-state index in [1.54, 1.807) is 6.07 Å². The lowest BCUT2D eigenvalue weighted by molar-refractivity contribution is 0.0700. The quantitative estimate of drug-likeness (QED) is 0.620. The Kier molecular flexibility index (Phi) is 6.94. The van der Waals surface area contributed by atoms with Crippen molar-refractivity contribution in [2.75, 3.05) is 38.6 Å². The fraction of sp³-hybridized carbons (Fsp3) is 0.476. The predicted octanol–water partition coefficient (Wildman–Crippen LogP) is 0.749. The molecule has 2 saturated heterocycles. The van der Waals surface area contributed by atoms with Gasteiger partial charge >= 0.3 is 0 Å². The maximum atomic E-state index is 13.5. The van der Waals surface area contributed by atoms with E-state index in [-0.39, 0.29) is 42.9 Å². The van der Waals surface area contributed by atoms with Crippen molar-refractivity contribution in [3.8, 4) is 0 Å². The molecule has 174 valence electrons. The molecule has 0 amide bonds. The second kappa shape index (κ2) is 9.54. The van der Waals surface area contributed by atoms with Gasteiger partial charge in [-0.3, -0.25) is 0 Å². The lowest BCUT2D eigenvalue weighted by Crippen LogP contribution is -2.51. The lowest BCUT2D eigenvalue weighted by Gasteiger charge is -2.32. The molecule has 2 N–H and O–H groups in total. The maximum absolute atomic E-state index is 13.5. The van der Waals surface area contributed by atoms with Crippen LogP contribution in [0.5, 0.6) is 0 Å². The van der Waals surface area contributed by atoms with Crippen LogP contribution in [0, 0.1) is 0 Å². The van der Waals surface area contributed by atoms with Gasteiger partial charge in [0.15, 0.2) is 14.9 Å². The normalized spacial score (nSPS) is 23.4. The molecule has 9 nitrogen and oxygen atoms in total. The number of hydrogen-bond acceptors (Lipinski definition) is 7. The van der Waals surface area contributed by atoms with Crippen LogP contribution in [-0.4, -0.2) is 75.1 Å². The second-order valence-corrected chi connectivity index (χ2v) is 11.9. The highest BCUT2D eigenvalue weighted by Gasteiger charge is 2.45.